The first-order chi connectivity index (χ1) is 9.43. The van der Waals surface area contributed by atoms with Gasteiger partial charge in [-0.3, -0.25) is 0 Å². The van der Waals surface area contributed by atoms with Gasteiger partial charge in [0.2, 0.25) is 10.0 Å². The normalized spacial score (nSPS) is 13.3. The summed E-state index contributed by atoms with van der Waals surface area (Å²) in [4.78, 5) is 0.996. The van der Waals surface area contributed by atoms with Crippen molar-refractivity contribution < 1.29 is 8.42 Å². The summed E-state index contributed by atoms with van der Waals surface area (Å²) in [6, 6.07) is 7.46. The van der Waals surface area contributed by atoms with Gasteiger partial charge in [-0.15, -0.1) is 11.8 Å². The minimum atomic E-state index is -3.20. The van der Waals surface area contributed by atoms with E-state index in [4.69, 9.17) is 5.73 Å². The smallest absolute Gasteiger partial charge is 0.212 e. The molecule has 1 rings (SSSR count). The van der Waals surface area contributed by atoms with Gasteiger partial charge >= 0.3 is 0 Å². The third-order valence-corrected chi connectivity index (χ3v) is 6.02. The summed E-state index contributed by atoms with van der Waals surface area (Å²) in [5.41, 5.74) is 6.38. The van der Waals surface area contributed by atoms with Gasteiger partial charge in [-0.05, 0) is 43.6 Å². The number of nitrogens with one attached hydrogen (secondary N) is 1. The summed E-state index contributed by atoms with van der Waals surface area (Å²) in [7, 11) is -3.20. The number of nitrogens with two attached hydrogens (primary N) is 1. The number of sulfonamides is 1. The van der Waals surface area contributed by atoms with Crippen molar-refractivity contribution in [1.82, 2.24) is 4.72 Å². The van der Waals surface area contributed by atoms with E-state index < -0.39 is 10.0 Å². The van der Waals surface area contributed by atoms with Gasteiger partial charge in [0.25, 0.3) is 0 Å². The zero-order valence-electron chi connectivity index (χ0n) is 11.8. The fraction of sp³-hybridized carbons (Fsp3) is 0.538. The molecular formula is C13H22N2O2S3. The van der Waals surface area contributed by atoms with Gasteiger partial charge in [-0.1, -0.05) is 6.07 Å². The lowest BCUT2D eigenvalue weighted by molar-refractivity contribution is 0.558. The number of rotatable bonds is 9. The molecule has 0 saturated carbocycles. The first kappa shape index (κ1) is 17.7. The highest BCUT2D eigenvalue weighted by Crippen LogP contribution is 2.20. The molecular weight excluding hydrogens is 312 g/mol. The Morgan fingerprint density at radius 3 is 2.75 bits per heavy atom. The Kier molecular flexibility index (Phi) is 7.79. The number of benzene rings is 1. The molecule has 20 heavy (non-hydrogen) atoms. The van der Waals surface area contributed by atoms with E-state index in [9.17, 15) is 8.42 Å². The van der Waals surface area contributed by atoms with Crippen molar-refractivity contribution in [3.63, 3.8) is 0 Å². The molecule has 1 aromatic rings. The van der Waals surface area contributed by atoms with Gasteiger partial charge in [0.1, 0.15) is 0 Å². The van der Waals surface area contributed by atoms with E-state index in [0.29, 0.717) is 11.4 Å². The van der Waals surface area contributed by atoms with Crippen LogP contribution in [0.3, 0.4) is 0 Å². The molecule has 114 valence electrons. The Hall–Kier alpha value is -0.370. The largest absolute Gasteiger partial charge is 0.399 e. The molecule has 0 fully saturated rings. The molecule has 0 bridgehead atoms. The van der Waals surface area contributed by atoms with Gasteiger partial charge in [0, 0.05) is 22.4 Å². The molecule has 1 unspecified atom stereocenters. The van der Waals surface area contributed by atoms with Crippen LogP contribution in [0.4, 0.5) is 5.69 Å². The average Bonchev–Trinajstić information content (AvgIpc) is 2.35. The summed E-state index contributed by atoms with van der Waals surface area (Å²) in [6.07, 6.45) is 2.87. The topological polar surface area (TPSA) is 72.2 Å². The zero-order valence-corrected chi connectivity index (χ0v) is 14.3. The highest BCUT2D eigenvalue weighted by molar-refractivity contribution is 8.00. The lowest BCUT2D eigenvalue weighted by atomic mass is 10.3. The van der Waals surface area contributed by atoms with E-state index in [1.54, 1.807) is 11.8 Å². The minimum absolute atomic E-state index is 0.00943. The third-order valence-electron chi connectivity index (χ3n) is 2.61. The number of anilines is 1. The van der Waals surface area contributed by atoms with Crippen molar-refractivity contribution in [3.8, 4) is 0 Å². The highest BCUT2D eigenvalue weighted by Gasteiger charge is 2.14. The minimum Gasteiger partial charge on any atom is -0.399 e. The van der Waals surface area contributed by atoms with Gasteiger partial charge in [-0.25, -0.2) is 13.1 Å². The molecule has 0 amide bonds. The van der Waals surface area contributed by atoms with Crippen LogP contribution in [0.5, 0.6) is 0 Å². The number of nitrogen functional groups attached to an aromatic ring is 1. The van der Waals surface area contributed by atoms with Crippen LogP contribution in [-0.4, -0.2) is 38.0 Å². The van der Waals surface area contributed by atoms with Crippen molar-refractivity contribution in [2.24, 2.45) is 0 Å². The quantitative estimate of drug-likeness (QED) is 0.536. The summed E-state index contributed by atoms with van der Waals surface area (Å²) < 4.78 is 26.5. The van der Waals surface area contributed by atoms with E-state index in [0.717, 1.165) is 17.1 Å². The second kappa shape index (κ2) is 8.81. The Morgan fingerprint density at radius 1 is 1.35 bits per heavy atom. The molecule has 0 radical (unpaired) electrons. The second-order valence-corrected chi connectivity index (χ2v) is 8.57. The number of hydrogen-bond donors (Lipinski definition) is 2. The van der Waals surface area contributed by atoms with Crippen LogP contribution in [0.15, 0.2) is 29.2 Å². The van der Waals surface area contributed by atoms with Crippen LogP contribution in [0, 0.1) is 0 Å². The molecule has 0 aliphatic rings. The van der Waals surface area contributed by atoms with Crippen molar-refractivity contribution in [1.29, 1.82) is 0 Å². The van der Waals surface area contributed by atoms with Crippen molar-refractivity contribution >= 4 is 39.2 Å². The molecule has 0 aliphatic carbocycles. The van der Waals surface area contributed by atoms with Crippen molar-refractivity contribution in [2.75, 3.05) is 29.2 Å². The average molecular weight is 335 g/mol. The lowest BCUT2D eigenvalue weighted by Gasteiger charge is -2.13. The standard InChI is InChI=1S/C13H22N2O2S3/c1-11(6-7-18-2)15-20(16,17)9-8-19-13-5-3-4-12(14)10-13/h3-5,10-11,15H,6-9,14H2,1-2H3. The first-order valence-corrected chi connectivity index (χ1v) is 10.4. The molecule has 0 heterocycles. The van der Waals surface area contributed by atoms with Crippen LogP contribution in [0.1, 0.15) is 13.3 Å². The maximum absolute atomic E-state index is 11.9. The van der Waals surface area contributed by atoms with Crippen LogP contribution >= 0.6 is 23.5 Å². The summed E-state index contributed by atoms with van der Waals surface area (Å²) in [5.74, 6) is 1.60. The fourth-order valence-corrected chi connectivity index (χ4v) is 4.87. The van der Waals surface area contributed by atoms with Crippen LogP contribution in [-0.2, 0) is 10.0 Å². The number of thioether (sulfide) groups is 2. The van der Waals surface area contributed by atoms with E-state index in [2.05, 4.69) is 4.72 Å². The van der Waals surface area contributed by atoms with Gasteiger partial charge in [0.05, 0.1) is 5.75 Å². The Balaban J connectivity index is 2.36. The molecule has 0 aliphatic heterocycles. The second-order valence-electron chi connectivity index (χ2n) is 4.54. The van der Waals surface area contributed by atoms with E-state index in [1.807, 2.05) is 37.4 Å². The SMILES string of the molecule is CSCCC(C)NS(=O)(=O)CCSc1cccc(N)c1. The molecule has 1 aromatic carbocycles. The predicted molar refractivity (Wildman–Crippen MR) is 91.0 cm³/mol. The van der Waals surface area contributed by atoms with E-state index in [1.165, 1.54) is 11.8 Å². The maximum Gasteiger partial charge on any atom is 0.212 e. The van der Waals surface area contributed by atoms with Gasteiger partial charge < -0.3 is 5.73 Å². The monoisotopic (exact) mass is 334 g/mol. The van der Waals surface area contributed by atoms with Crippen LogP contribution in [0.25, 0.3) is 0 Å². The maximum atomic E-state index is 11.9. The lowest BCUT2D eigenvalue weighted by Crippen LogP contribution is -2.35. The Bertz CT molecular complexity index is 506. The zero-order chi connectivity index (χ0) is 15.0. The van der Waals surface area contributed by atoms with Crippen LogP contribution < -0.4 is 10.5 Å². The molecule has 3 N–H and O–H groups in total. The Morgan fingerprint density at radius 2 is 2.10 bits per heavy atom. The number of hydrogen-bond acceptors (Lipinski definition) is 5. The summed E-state index contributed by atoms with van der Waals surface area (Å²) >= 11 is 3.22. The van der Waals surface area contributed by atoms with Gasteiger partial charge in [-0.2, -0.15) is 11.8 Å². The highest BCUT2D eigenvalue weighted by atomic mass is 32.2. The van der Waals surface area contributed by atoms with E-state index >= 15 is 0 Å². The molecule has 0 spiro atoms. The molecule has 0 aromatic heterocycles. The summed E-state index contributed by atoms with van der Waals surface area (Å²) in [5, 5.41) is 0. The molecule has 7 heteroatoms. The van der Waals surface area contributed by atoms with Crippen LogP contribution in [0.2, 0.25) is 0 Å². The summed E-state index contributed by atoms with van der Waals surface area (Å²) in [6.45, 7) is 1.90. The molecule has 0 saturated heterocycles. The van der Waals surface area contributed by atoms with E-state index in [-0.39, 0.29) is 11.8 Å². The van der Waals surface area contributed by atoms with Crippen molar-refractivity contribution in [3.05, 3.63) is 24.3 Å². The Labute approximate surface area is 130 Å². The predicted octanol–water partition coefficient (Wildman–Crippen LogP) is 2.42. The fourth-order valence-electron chi connectivity index (χ4n) is 1.59. The first-order valence-electron chi connectivity index (χ1n) is 6.40. The third kappa shape index (κ3) is 7.42. The van der Waals surface area contributed by atoms with Crippen molar-refractivity contribution in [2.45, 2.75) is 24.3 Å². The van der Waals surface area contributed by atoms with Gasteiger partial charge in [0.15, 0.2) is 0 Å². The molecule has 1 atom stereocenters. The molecule has 4 nitrogen and oxygen atoms in total.